The maximum absolute atomic E-state index is 6.43. The van der Waals surface area contributed by atoms with E-state index in [1.807, 2.05) is 0 Å². The van der Waals surface area contributed by atoms with Crippen LogP contribution in [0.3, 0.4) is 0 Å². The highest BCUT2D eigenvalue weighted by atomic mass is 15.2. The van der Waals surface area contributed by atoms with Crippen molar-refractivity contribution in [1.29, 1.82) is 0 Å². The quantitative estimate of drug-likeness (QED) is 0.812. The fraction of sp³-hybridized carbons (Fsp3) is 1.00. The van der Waals surface area contributed by atoms with Gasteiger partial charge in [-0.3, -0.25) is 4.90 Å². The average molecular weight is 281 g/mol. The third-order valence-corrected chi connectivity index (χ3v) is 5.39. The highest BCUT2D eigenvalue weighted by Gasteiger charge is 2.32. The van der Waals surface area contributed by atoms with Crippen molar-refractivity contribution >= 4 is 0 Å². The number of likely N-dealkylation sites (tertiary alicyclic amines) is 1. The lowest BCUT2D eigenvalue weighted by Crippen LogP contribution is -2.46. The Kier molecular flexibility index (Phi) is 6.31. The van der Waals surface area contributed by atoms with E-state index in [0.717, 1.165) is 17.9 Å². The molecule has 2 aliphatic rings. The van der Waals surface area contributed by atoms with Crippen molar-refractivity contribution in [3.8, 4) is 0 Å². The van der Waals surface area contributed by atoms with Gasteiger partial charge in [0.2, 0.25) is 0 Å². The van der Waals surface area contributed by atoms with Crippen LogP contribution in [-0.2, 0) is 0 Å². The molecule has 1 aliphatic carbocycles. The molecule has 2 N–H and O–H groups in total. The van der Waals surface area contributed by atoms with Crippen molar-refractivity contribution in [1.82, 2.24) is 9.80 Å². The SMILES string of the molecule is CCCC1CCC(N)C(CN2CCCC2CN(C)C)C1. The Morgan fingerprint density at radius 3 is 2.70 bits per heavy atom. The number of likely N-dealkylation sites (N-methyl/N-ethyl adjacent to an activating group) is 1. The number of hydrogen-bond acceptors (Lipinski definition) is 3. The summed E-state index contributed by atoms with van der Waals surface area (Å²) in [6.45, 7) is 6.07. The molecule has 2 fully saturated rings. The minimum atomic E-state index is 0.448. The summed E-state index contributed by atoms with van der Waals surface area (Å²) < 4.78 is 0. The van der Waals surface area contributed by atoms with Gasteiger partial charge in [0, 0.05) is 25.2 Å². The van der Waals surface area contributed by atoms with E-state index < -0.39 is 0 Å². The zero-order chi connectivity index (χ0) is 14.5. The molecule has 0 spiro atoms. The molecule has 1 saturated carbocycles. The molecule has 20 heavy (non-hydrogen) atoms. The van der Waals surface area contributed by atoms with Crippen molar-refractivity contribution < 1.29 is 0 Å². The summed E-state index contributed by atoms with van der Waals surface area (Å²) in [5.41, 5.74) is 6.43. The van der Waals surface area contributed by atoms with E-state index in [0.29, 0.717) is 6.04 Å². The monoisotopic (exact) mass is 281 g/mol. The molecule has 118 valence electrons. The number of hydrogen-bond donors (Lipinski definition) is 1. The Bertz CT molecular complexity index is 279. The van der Waals surface area contributed by atoms with E-state index >= 15 is 0 Å². The Morgan fingerprint density at radius 1 is 1.20 bits per heavy atom. The standard InChI is InChI=1S/C17H35N3/c1-4-6-14-8-9-17(18)15(11-14)12-20-10-5-7-16(20)13-19(2)3/h14-17H,4-13,18H2,1-3H3. The van der Waals surface area contributed by atoms with Gasteiger partial charge in [-0.1, -0.05) is 19.8 Å². The predicted octanol–water partition coefficient (Wildman–Crippen LogP) is 2.56. The summed E-state index contributed by atoms with van der Waals surface area (Å²) in [5.74, 6) is 1.68. The number of nitrogens with zero attached hydrogens (tertiary/aromatic N) is 2. The van der Waals surface area contributed by atoms with Crippen LogP contribution in [0.5, 0.6) is 0 Å². The molecule has 1 saturated heterocycles. The summed E-state index contributed by atoms with van der Waals surface area (Å²) in [5, 5.41) is 0. The lowest BCUT2D eigenvalue weighted by molar-refractivity contribution is 0.131. The molecule has 3 heteroatoms. The van der Waals surface area contributed by atoms with E-state index in [-0.39, 0.29) is 0 Å². The molecule has 0 aromatic carbocycles. The molecule has 0 aromatic heterocycles. The van der Waals surface area contributed by atoms with E-state index in [9.17, 15) is 0 Å². The summed E-state index contributed by atoms with van der Waals surface area (Å²) in [6.07, 6.45) is 9.48. The second-order valence-corrected chi connectivity index (χ2v) is 7.44. The molecule has 0 aromatic rings. The number of rotatable bonds is 6. The smallest absolute Gasteiger partial charge is 0.0223 e. The van der Waals surface area contributed by atoms with Crippen LogP contribution >= 0.6 is 0 Å². The first kappa shape index (κ1) is 16.3. The first-order chi connectivity index (χ1) is 9.60. The lowest BCUT2D eigenvalue weighted by Gasteiger charge is -2.38. The van der Waals surface area contributed by atoms with Gasteiger partial charge < -0.3 is 10.6 Å². The minimum Gasteiger partial charge on any atom is -0.327 e. The summed E-state index contributed by atoms with van der Waals surface area (Å²) in [4.78, 5) is 5.07. The lowest BCUT2D eigenvalue weighted by atomic mass is 9.76. The van der Waals surface area contributed by atoms with Crippen LogP contribution in [0, 0.1) is 11.8 Å². The molecule has 0 amide bonds. The highest BCUT2D eigenvalue weighted by Crippen LogP contribution is 2.33. The van der Waals surface area contributed by atoms with Crippen LogP contribution in [-0.4, -0.2) is 55.6 Å². The Labute approximate surface area is 125 Å². The van der Waals surface area contributed by atoms with Gasteiger partial charge in [0.1, 0.15) is 0 Å². The summed E-state index contributed by atoms with van der Waals surface area (Å²) in [7, 11) is 4.39. The fourth-order valence-electron chi connectivity index (χ4n) is 4.33. The van der Waals surface area contributed by atoms with Gasteiger partial charge in [-0.15, -0.1) is 0 Å². The van der Waals surface area contributed by atoms with Crippen molar-refractivity contribution in [2.24, 2.45) is 17.6 Å². The van der Waals surface area contributed by atoms with Gasteiger partial charge >= 0.3 is 0 Å². The number of nitrogens with two attached hydrogens (primary N) is 1. The fourth-order valence-corrected chi connectivity index (χ4v) is 4.33. The van der Waals surface area contributed by atoms with Crippen molar-refractivity contribution in [2.75, 3.05) is 33.7 Å². The molecule has 3 nitrogen and oxygen atoms in total. The van der Waals surface area contributed by atoms with Gasteiger partial charge in [0.25, 0.3) is 0 Å². The molecule has 2 rings (SSSR count). The molecule has 4 unspecified atom stereocenters. The maximum atomic E-state index is 6.43. The van der Waals surface area contributed by atoms with Gasteiger partial charge in [-0.25, -0.2) is 0 Å². The molecule has 0 bridgehead atoms. The van der Waals surface area contributed by atoms with Crippen molar-refractivity contribution in [2.45, 2.75) is 64.0 Å². The minimum absolute atomic E-state index is 0.448. The second kappa shape index (κ2) is 7.77. The normalized spacial score (nSPS) is 35.9. The largest absolute Gasteiger partial charge is 0.327 e. The Balaban J connectivity index is 1.86. The molecular formula is C17H35N3. The molecule has 1 heterocycles. The van der Waals surface area contributed by atoms with E-state index in [2.05, 4.69) is 30.8 Å². The average Bonchev–Trinajstić information content (AvgIpc) is 2.80. The van der Waals surface area contributed by atoms with Crippen LogP contribution in [0.4, 0.5) is 0 Å². The third kappa shape index (κ3) is 4.44. The van der Waals surface area contributed by atoms with Crippen LogP contribution in [0.2, 0.25) is 0 Å². The van der Waals surface area contributed by atoms with Gasteiger partial charge in [0.05, 0.1) is 0 Å². The van der Waals surface area contributed by atoms with E-state index in [4.69, 9.17) is 5.73 Å². The topological polar surface area (TPSA) is 32.5 Å². The van der Waals surface area contributed by atoms with Crippen molar-refractivity contribution in [3.05, 3.63) is 0 Å². The summed E-state index contributed by atoms with van der Waals surface area (Å²) >= 11 is 0. The van der Waals surface area contributed by atoms with Gasteiger partial charge in [0.15, 0.2) is 0 Å². The van der Waals surface area contributed by atoms with E-state index in [1.165, 1.54) is 64.6 Å². The van der Waals surface area contributed by atoms with Crippen LogP contribution in [0.15, 0.2) is 0 Å². The molecule has 4 atom stereocenters. The Morgan fingerprint density at radius 2 is 2.00 bits per heavy atom. The second-order valence-electron chi connectivity index (χ2n) is 7.44. The van der Waals surface area contributed by atoms with Gasteiger partial charge in [-0.05, 0) is 64.6 Å². The zero-order valence-electron chi connectivity index (χ0n) is 13.9. The van der Waals surface area contributed by atoms with Crippen LogP contribution < -0.4 is 5.73 Å². The van der Waals surface area contributed by atoms with Crippen molar-refractivity contribution in [3.63, 3.8) is 0 Å². The van der Waals surface area contributed by atoms with Crippen LogP contribution in [0.25, 0.3) is 0 Å². The van der Waals surface area contributed by atoms with Gasteiger partial charge in [-0.2, -0.15) is 0 Å². The third-order valence-electron chi connectivity index (χ3n) is 5.39. The maximum Gasteiger partial charge on any atom is 0.0223 e. The van der Waals surface area contributed by atoms with Crippen LogP contribution in [0.1, 0.15) is 51.9 Å². The first-order valence-corrected chi connectivity index (χ1v) is 8.74. The van der Waals surface area contributed by atoms with E-state index in [1.54, 1.807) is 0 Å². The molecular weight excluding hydrogens is 246 g/mol. The highest BCUT2D eigenvalue weighted by molar-refractivity contribution is 4.88. The summed E-state index contributed by atoms with van der Waals surface area (Å²) in [6, 6.07) is 1.22. The molecule has 1 aliphatic heterocycles. The Hall–Kier alpha value is -0.120. The zero-order valence-corrected chi connectivity index (χ0v) is 13.9. The predicted molar refractivity (Wildman–Crippen MR) is 86.9 cm³/mol. The first-order valence-electron chi connectivity index (χ1n) is 8.74. The molecule has 0 radical (unpaired) electrons.